The van der Waals surface area contributed by atoms with Crippen LogP contribution < -0.4 is 10.5 Å². The standard InChI is InChI=1S/C14H16N4O/c1-3-8-19-13-6-4-12(5-7-13)9-16-18-10-11(2)17-14(18)15/h3-7,9-10H,1,8H2,2H3,(H2,15,17). The molecule has 0 aliphatic rings. The predicted molar refractivity (Wildman–Crippen MR) is 76.5 cm³/mol. The fourth-order valence-electron chi connectivity index (χ4n) is 1.53. The molecule has 0 saturated heterocycles. The van der Waals surface area contributed by atoms with Crippen molar-refractivity contribution in [1.29, 1.82) is 0 Å². The Kier molecular flexibility index (Phi) is 3.97. The Morgan fingerprint density at radius 3 is 2.74 bits per heavy atom. The molecule has 0 fully saturated rings. The largest absolute Gasteiger partial charge is 0.490 e. The number of imidazole rings is 1. The highest BCUT2D eigenvalue weighted by molar-refractivity contribution is 5.79. The van der Waals surface area contributed by atoms with Crippen LogP contribution in [0.3, 0.4) is 0 Å². The van der Waals surface area contributed by atoms with E-state index in [1.165, 1.54) is 4.68 Å². The average Bonchev–Trinajstić information content (AvgIpc) is 2.73. The number of aromatic nitrogens is 2. The van der Waals surface area contributed by atoms with Gasteiger partial charge in [-0.05, 0) is 36.8 Å². The van der Waals surface area contributed by atoms with Gasteiger partial charge < -0.3 is 10.5 Å². The summed E-state index contributed by atoms with van der Waals surface area (Å²) in [5.41, 5.74) is 7.48. The van der Waals surface area contributed by atoms with Crippen molar-refractivity contribution in [1.82, 2.24) is 9.66 Å². The second-order valence-electron chi connectivity index (χ2n) is 4.00. The van der Waals surface area contributed by atoms with Crippen molar-refractivity contribution >= 4 is 12.2 Å². The van der Waals surface area contributed by atoms with E-state index in [2.05, 4.69) is 16.7 Å². The zero-order chi connectivity index (χ0) is 13.7. The second-order valence-corrected chi connectivity index (χ2v) is 4.00. The normalized spacial score (nSPS) is 10.8. The topological polar surface area (TPSA) is 65.4 Å². The molecule has 2 rings (SSSR count). The number of hydrogen-bond donors (Lipinski definition) is 1. The monoisotopic (exact) mass is 256 g/mol. The van der Waals surface area contributed by atoms with E-state index < -0.39 is 0 Å². The minimum absolute atomic E-state index is 0.375. The van der Waals surface area contributed by atoms with Gasteiger partial charge in [0.25, 0.3) is 0 Å². The van der Waals surface area contributed by atoms with E-state index in [0.717, 1.165) is 17.0 Å². The maximum atomic E-state index is 5.69. The molecule has 0 spiro atoms. The van der Waals surface area contributed by atoms with E-state index in [1.54, 1.807) is 18.5 Å². The van der Waals surface area contributed by atoms with Crippen LogP contribution in [0, 0.1) is 6.92 Å². The van der Waals surface area contributed by atoms with Crippen LogP contribution in [0.1, 0.15) is 11.3 Å². The van der Waals surface area contributed by atoms with Crippen LogP contribution in [0.5, 0.6) is 5.75 Å². The van der Waals surface area contributed by atoms with Gasteiger partial charge in [-0.3, -0.25) is 0 Å². The first kappa shape index (κ1) is 12.9. The molecular weight excluding hydrogens is 240 g/mol. The Morgan fingerprint density at radius 1 is 1.42 bits per heavy atom. The smallest absolute Gasteiger partial charge is 0.221 e. The number of anilines is 1. The fraction of sp³-hybridized carbons (Fsp3) is 0.143. The lowest BCUT2D eigenvalue weighted by Crippen LogP contribution is -1.97. The number of hydrogen-bond acceptors (Lipinski definition) is 4. The molecular formula is C14H16N4O. The Morgan fingerprint density at radius 2 is 2.16 bits per heavy atom. The van der Waals surface area contributed by atoms with Crippen molar-refractivity contribution in [3.05, 3.63) is 54.4 Å². The van der Waals surface area contributed by atoms with Crippen molar-refractivity contribution < 1.29 is 4.74 Å². The van der Waals surface area contributed by atoms with Crippen molar-refractivity contribution in [2.24, 2.45) is 5.10 Å². The van der Waals surface area contributed by atoms with Gasteiger partial charge in [0.05, 0.1) is 18.1 Å². The molecule has 1 aromatic heterocycles. The highest BCUT2D eigenvalue weighted by Gasteiger charge is 1.98. The molecule has 0 aliphatic carbocycles. The Balaban J connectivity index is 2.06. The van der Waals surface area contributed by atoms with Crippen molar-refractivity contribution in [2.75, 3.05) is 12.3 Å². The molecule has 0 aliphatic heterocycles. The van der Waals surface area contributed by atoms with E-state index in [0.29, 0.717) is 12.6 Å². The summed E-state index contributed by atoms with van der Waals surface area (Å²) >= 11 is 0. The molecule has 5 nitrogen and oxygen atoms in total. The molecule has 0 atom stereocenters. The van der Waals surface area contributed by atoms with E-state index in [-0.39, 0.29) is 0 Å². The summed E-state index contributed by atoms with van der Waals surface area (Å²) in [6.07, 6.45) is 5.20. The van der Waals surface area contributed by atoms with Crippen molar-refractivity contribution in [3.63, 3.8) is 0 Å². The van der Waals surface area contributed by atoms with Crippen LogP contribution >= 0.6 is 0 Å². The minimum atomic E-state index is 0.375. The Hall–Kier alpha value is -2.56. The number of nitrogen functional groups attached to an aromatic ring is 1. The average molecular weight is 256 g/mol. The van der Waals surface area contributed by atoms with E-state index >= 15 is 0 Å². The minimum Gasteiger partial charge on any atom is -0.490 e. The van der Waals surface area contributed by atoms with Gasteiger partial charge in [0, 0.05) is 0 Å². The summed E-state index contributed by atoms with van der Waals surface area (Å²) < 4.78 is 6.94. The number of nitrogens with zero attached hydrogens (tertiary/aromatic N) is 3. The van der Waals surface area contributed by atoms with Gasteiger partial charge in [-0.2, -0.15) is 5.10 Å². The van der Waals surface area contributed by atoms with Gasteiger partial charge >= 0.3 is 0 Å². The van der Waals surface area contributed by atoms with Crippen LogP contribution in [0.25, 0.3) is 0 Å². The van der Waals surface area contributed by atoms with Crippen LogP contribution in [0.15, 0.2) is 48.2 Å². The van der Waals surface area contributed by atoms with Gasteiger partial charge in [-0.1, -0.05) is 12.7 Å². The maximum absolute atomic E-state index is 5.69. The first-order valence-corrected chi connectivity index (χ1v) is 5.88. The number of rotatable bonds is 5. The number of nitrogens with two attached hydrogens (primary N) is 1. The van der Waals surface area contributed by atoms with Gasteiger partial charge in [-0.15, -0.1) is 0 Å². The number of ether oxygens (including phenoxy) is 1. The lowest BCUT2D eigenvalue weighted by atomic mass is 10.2. The summed E-state index contributed by atoms with van der Waals surface area (Å²) in [5, 5.41) is 4.24. The van der Waals surface area contributed by atoms with Gasteiger partial charge in [-0.25, -0.2) is 9.66 Å². The lowest BCUT2D eigenvalue weighted by Gasteiger charge is -2.02. The SMILES string of the molecule is C=CCOc1ccc(C=Nn2cc(C)nc2N)cc1. The zero-order valence-electron chi connectivity index (χ0n) is 10.8. The summed E-state index contributed by atoms with van der Waals surface area (Å²) in [4.78, 5) is 4.07. The quantitative estimate of drug-likeness (QED) is 0.659. The van der Waals surface area contributed by atoms with Crippen molar-refractivity contribution in [2.45, 2.75) is 6.92 Å². The molecule has 98 valence electrons. The summed E-state index contributed by atoms with van der Waals surface area (Å²) in [5.74, 6) is 1.18. The molecule has 19 heavy (non-hydrogen) atoms. The van der Waals surface area contributed by atoms with Crippen molar-refractivity contribution in [3.8, 4) is 5.75 Å². The highest BCUT2D eigenvalue weighted by Crippen LogP contribution is 2.11. The summed E-state index contributed by atoms with van der Waals surface area (Å²) in [7, 11) is 0. The molecule has 2 N–H and O–H groups in total. The zero-order valence-corrected chi connectivity index (χ0v) is 10.8. The number of benzene rings is 1. The van der Waals surface area contributed by atoms with E-state index in [9.17, 15) is 0 Å². The molecule has 1 heterocycles. The van der Waals surface area contributed by atoms with Gasteiger partial charge in [0.2, 0.25) is 5.95 Å². The molecule has 1 aromatic carbocycles. The highest BCUT2D eigenvalue weighted by atomic mass is 16.5. The third kappa shape index (κ3) is 3.45. The van der Waals surface area contributed by atoms with Gasteiger partial charge in [0.15, 0.2) is 0 Å². The maximum Gasteiger partial charge on any atom is 0.221 e. The fourth-order valence-corrected chi connectivity index (χ4v) is 1.53. The summed E-state index contributed by atoms with van der Waals surface area (Å²) in [6, 6.07) is 7.60. The third-order valence-corrected chi connectivity index (χ3v) is 2.41. The molecule has 2 aromatic rings. The second kappa shape index (κ2) is 5.86. The predicted octanol–water partition coefficient (Wildman–Crippen LogP) is 2.22. The molecule has 0 bridgehead atoms. The third-order valence-electron chi connectivity index (χ3n) is 2.41. The van der Waals surface area contributed by atoms with Crippen LogP contribution in [0.2, 0.25) is 0 Å². The Labute approximate surface area is 112 Å². The Bertz CT molecular complexity index is 584. The molecule has 0 saturated carbocycles. The first-order valence-electron chi connectivity index (χ1n) is 5.88. The molecule has 5 heteroatoms. The van der Waals surface area contributed by atoms with Gasteiger partial charge in [0.1, 0.15) is 12.4 Å². The van der Waals surface area contributed by atoms with E-state index in [4.69, 9.17) is 10.5 Å². The van der Waals surface area contributed by atoms with Crippen LogP contribution in [-0.4, -0.2) is 22.5 Å². The lowest BCUT2D eigenvalue weighted by molar-refractivity contribution is 0.363. The van der Waals surface area contributed by atoms with Crippen LogP contribution in [0.4, 0.5) is 5.95 Å². The van der Waals surface area contributed by atoms with E-state index in [1.807, 2.05) is 31.2 Å². The van der Waals surface area contributed by atoms with Crippen LogP contribution in [-0.2, 0) is 0 Å². The molecule has 0 radical (unpaired) electrons. The summed E-state index contributed by atoms with van der Waals surface area (Å²) in [6.45, 7) is 5.97. The number of aryl methyl sites for hydroxylation is 1. The molecule has 0 unspecified atom stereocenters. The first-order chi connectivity index (χ1) is 9.19. The molecule has 0 amide bonds.